The van der Waals surface area contributed by atoms with Crippen molar-refractivity contribution in [1.82, 2.24) is 14.4 Å². The van der Waals surface area contributed by atoms with Gasteiger partial charge in [0.25, 0.3) is 0 Å². The molecule has 0 aliphatic rings. The van der Waals surface area contributed by atoms with Gasteiger partial charge in [0.1, 0.15) is 0 Å². The molecule has 0 aliphatic carbocycles. The summed E-state index contributed by atoms with van der Waals surface area (Å²) in [6, 6.07) is 0. The van der Waals surface area contributed by atoms with Gasteiger partial charge in [0.05, 0.1) is 23.0 Å². The molecule has 0 bridgehead atoms. The van der Waals surface area contributed by atoms with Crippen LogP contribution in [0.25, 0.3) is 5.78 Å². The van der Waals surface area contributed by atoms with Crippen molar-refractivity contribution in [2.45, 2.75) is 27.2 Å². The fraction of sp³-hybridized carbons (Fsp3) is 0.417. The number of carbonyl (C=O) groups is 1. The maximum Gasteiger partial charge on any atom is 0.357 e. The summed E-state index contributed by atoms with van der Waals surface area (Å²) in [6.07, 6.45) is 2.28. The van der Waals surface area contributed by atoms with Gasteiger partial charge < -0.3 is 4.74 Å². The average molecular weight is 268 g/mol. The Bertz CT molecular complexity index is 607. The van der Waals surface area contributed by atoms with Crippen LogP contribution in [0.3, 0.4) is 0 Å². The van der Waals surface area contributed by atoms with E-state index < -0.39 is 5.97 Å². The zero-order chi connectivity index (χ0) is 13.3. The third kappa shape index (κ3) is 2.06. The lowest BCUT2D eigenvalue weighted by molar-refractivity contribution is 0.0517. The number of hydrogen-bond donors (Lipinski definition) is 0. The number of aromatic nitrogens is 3. The number of ether oxygens (including phenoxy) is 1. The predicted molar refractivity (Wildman–Crippen MR) is 68.1 cm³/mol. The molecule has 0 fully saturated rings. The molecule has 18 heavy (non-hydrogen) atoms. The minimum Gasteiger partial charge on any atom is -0.461 e. The fourth-order valence-electron chi connectivity index (χ4n) is 1.74. The Morgan fingerprint density at radius 1 is 1.44 bits per heavy atom. The van der Waals surface area contributed by atoms with E-state index in [4.69, 9.17) is 16.3 Å². The van der Waals surface area contributed by atoms with Crippen LogP contribution in [0.15, 0.2) is 6.20 Å². The molecule has 0 unspecified atom stereocenters. The maximum atomic E-state index is 11.9. The Kier molecular flexibility index (Phi) is 3.52. The third-order valence-electron chi connectivity index (χ3n) is 2.62. The topological polar surface area (TPSA) is 56.5 Å². The lowest BCUT2D eigenvalue weighted by atomic mass is 10.2. The lowest BCUT2D eigenvalue weighted by Crippen LogP contribution is -2.10. The third-order valence-corrected chi connectivity index (χ3v) is 3.00. The van der Waals surface area contributed by atoms with E-state index in [0.29, 0.717) is 40.9 Å². The zero-order valence-corrected chi connectivity index (χ0v) is 11.3. The molecule has 0 N–H and O–H groups in total. The Balaban J connectivity index is 2.68. The van der Waals surface area contributed by atoms with Gasteiger partial charge in [-0.15, -0.1) is 0 Å². The van der Waals surface area contributed by atoms with Gasteiger partial charge in [0.15, 0.2) is 5.69 Å². The molecule has 0 spiro atoms. The van der Waals surface area contributed by atoms with E-state index in [9.17, 15) is 4.79 Å². The molecule has 0 saturated heterocycles. The Hall–Kier alpha value is -1.62. The van der Waals surface area contributed by atoms with Gasteiger partial charge in [-0.1, -0.05) is 18.5 Å². The van der Waals surface area contributed by atoms with E-state index in [0.717, 1.165) is 0 Å². The number of halogens is 1. The largest absolute Gasteiger partial charge is 0.461 e. The molecule has 96 valence electrons. The molecule has 5 nitrogen and oxygen atoms in total. The van der Waals surface area contributed by atoms with Crippen molar-refractivity contribution in [2.75, 3.05) is 6.61 Å². The standard InChI is InChI=1S/C12H14ClN3O2/c1-4-9-10(11(17)18-5-2)16-6-8(13)7(3)14-12(16)15-9/h6H,4-5H2,1-3H3. The van der Waals surface area contributed by atoms with Crippen LogP contribution in [0.4, 0.5) is 0 Å². The molecular weight excluding hydrogens is 254 g/mol. The first kappa shape index (κ1) is 12.8. The number of fused-ring (bicyclic) bond motifs is 1. The van der Waals surface area contributed by atoms with E-state index in [-0.39, 0.29) is 0 Å². The van der Waals surface area contributed by atoms with Gasteiger partial charge in [-0.3, -0.25) is 4.40 Å². The Morgan fingerprint density at radius 2 is 2.17 bits per heavy atom. The number of hydrogen-bond acceptors (Lipinski definition) is 4. The van der Waals surface area contributed by atoms with E-state index in [1.807, 2.05) is 6.92 Å². The number of aryl methyl sites for hydroxylation is 2. The first-order valence-electron chi connectivity index (χ1n) is 5.79. The quantitative estimate of drug-likeness (QED) is 0.802. The fourth-order valence-corrected chi connectivity index (χ4v) is 1.88. The van der Waals surface area contributed by atoms with Gasteiger partial charge in [-0.05, 0) is 20.3 Å². The molecule has 0 aliphatic heterocycles. The van der Waals surface area contributed by atoms with Crippen molar-refractivity contribution in [1.29, 1.82) is 0 Å². The molecule has 0 saturated carbocycles. The van der Waals surface area contributed by atoms with Crippen molar-refractivity contribution in [3.8, 4) is 0 Å². The number of nitrogens with zero attached hydrogens (tertiary/aromatic N) is 3. The van der Waals surface area contributed by atoms with Gasteiger partial charge in [-0.2, -0.15) is 0 Å². The molecule has 2 aromatic rings. The van der Waals surface area contributed by atoms with Gasteiger partial charge >= 0.3 is 5.97 Å². The summed E-state index contributed by atoms with van der Waals surface area (Å²) in [5.74, 6) is 0.0698. The first-order chi connectivity index (χ1) is 8.58. The smallest absolute Gasteiger partial charge is 0.357 e. The van der Waals surface area contributed by atoms with Crippen molar-refractivity contribution in [3.63, 3.8) is 0 Å². The maximum absolute atomic E-state index is 11.9. The summed E-state index contributed by atoms with van der Waals surface area (Å²) < 4.78 is 6.63. The molecular formula is C12H14ClN3O2. The summed E-state index contributed by atoms with van der Waals surface area (Å²) in [5.41, 5.74) is 1.76. The van der Waals surface area contributed by atoms with Crippen molar-refractivity contribution < 1.29 is 9.53 Å². The van der Waals surface area contributed by atoms with E-state index >= 15 is 0 Å². The molecule has 2 heterocycles. The van der Waals surface area contributed by atoms with E-state index in [1.165, 1.54) is 0 Å². The van der Waals surface area contributed by atoms with Crippen LogP contribution in [-0.2, 0) is 11.2 Å². The first-order valence-corrected chi connectivity index (χ1v) is 6.17. The summed E-state index contributed by atoms with van der Waals surface area (Å²) in [7, 11) is 0. The van der Waals surface area contributed by atoms with Crippen LogP contribution in [0.1, 0.15) is 35.7 Å². The summed E-state index contributed by atoms with van der Waals surface area (Å²) in [5, 5.41) is 0.494. The van der Waals surface area contributed by atoms with Crippen LogP contribution >= 0.6 is 11.6 Å². The molecule has 2 aromatic heterocycles. The monoisotopic (exact) mass is 267 g/mol. The highest BCUT2D eigenvalue weighted by atomic mass is 35.5. The number of esters is 1. The summed E-state index contributed by atoms with van der Waals surface area (Å²) >= 11 is 6.03. The van der Waals surface area contributed by atoms with Gasteiger partial charge in [-0.25, -0.2) is 14.8 Å². The molecule has 0 atom stereocenters. The zero-order valence-electron chi connectivity index (χ0n) is 10.5. The second kappa shape index (κ2) is 4.94. The van der Waals surface area contributed by atoms with Crippen LogP contribution in [0.5, 0.6) is 0 Å². The van der Waals surface area contributed by atoms with Crippen molar-refractivity contribution >= 4 is 23.3 Å². The van der Waals surface area contributed by atoms with Gasteiger partial charge in [0, 0.05) is 6.20 Å². The summed E-state index contributed by atoms with van der Waals surface area (Å²) in [4.78, 5) is 20.5. The highest BCUT2D eigenvalue weighted by Crippen LogP contribution is 2.19. The van der Waals surface area contributed by atoms with Crippen LogP contribution in [0.2, 0.25) is 5.02 Å². The lowest BCUT2D eigenvalue weighted by Gasteiger charge is -2.04. The van der Waals surface area contributed by atoms with E-state index in [2.05, 4.69) is 9.97 Å². The van der Waals surface area contributed by atoms with E-state index in [1.54, 1.807) is 24.4 Å². The number of imidazole rings is 1. The van der Waals surface area contributed by atoms with Gasteiger partial charge in [0.2, 0.25) is 5.78 Å². The number of rotatable bonds is 3. The number of carbonyl (C=O) groups excluding carboxylic acids is 1. The molecule has 2 rings (SSSR count). The average Bonchev–Trinajstić information content (AvgIpc) is 2.68. The highest BCUT2D eigenvalue weighted by Gasteiger charge is 2.20. The van der Waals surface area contributed by atoms with Crippen LogP contribution in [-0.4, -0.2) is 26.9 Å². The predicted octanol–water partition coefficient (Wildman–Crippen LogP) is 2.43. The SMILES string of the molecule is CCOC(=O)c1c(CC)nc2nc(C)c(Cl)cn12. The van der Waals surface area contributed by atoms with Crippen LogP contribution in [0, 0.1) is 6.92 Å². The van der Waals surface area contributed by atoms with Crippen molar-refractivity contribution in [3.05, 3.63) is 28.3 Å². The molecule has 0 aromatic carbocycles. The normalized spacial score (nSPS) is 10.9. The minimum atomic E-state index is -0.399. The second-order valence-electron chi connectivity index (χ2n) is 3.83. The van der Waals surface area contributed by atoms with Crippen LogP contribution < -0.4 is 0 Å². The summed E-state index contributed by atoms with van der Waals surface area (Å²) in [6.45, 7) is 5.82. The molecule has 6 heteroatoms. The minimum absolute atomic E-state index is 0.322. The molecule has 0 radical (unpaired) electrons. The highest BCUT2D eigenvalue weighted by molar-refractivity contribution is 6.31. The Morgan fingerprint density at radius 3 is 2.78 bits per heavy atom. The second-order valence-corrected chi connectivity index (χ2v) is 4.23. The Labute approximate surface area is 110 Å². The van der Waals surface area contributed by atoms with Crippen molar-refractivity contribution in [2.24, 2.45) is 0 Å². The molecule has 0 amide bonds.